The fraction of sp³-hybridized carbons (Fsp3) is 0.500. The van der Waals surface area contributed by atoms with Crippen LogP contribution in [0.2, 0.25) is 0 Å². The smallest absolute Gasteiger partial charge is 0.362 e. The van der Waals surface area contributed by atoms with E-state index in [0.717, 1.165) is 24.6 Å². The van der Waals surface area contributed by atoms with Crippen LogP contribution < -0.4 is 5.32 Å². The quantitative estimate of drug-likeness (QED) is 0.864. The molecule has 1 aliphatic carbocycles. The van der Waals surface area contributed by atoms with E-state index in [2.05, 4.69) is 26.3 Å². The van der Waals surface area contributed by atoms with Crippen molar-refractivity contribution in [3.05, 3.63) is 21.6 Å². The molecule has 1 aromatic heterocycles. The van der Waals surface area contributed by atoms with Crippen molar-refractivity contribution >= 4 is 22.0 Å². The molecule has 2 heterocycles. The maximum absolute atomic E-state index is 12.6. The van der Waals surface area contributed by atoms with E-state index in [-0.39, 0.29) is 6.67 Å². The molecular formula is C10H9BrF3N3. The van der Waals surface area contributed by atoms with Crippen LogP contribution in [0, 0.1) is 0 Å². The second kappa shape index (κ2) is 3.51. The molecule has 1 saturated carbocycles. The molecule has 0 atom stereocenters. The Morgan fingerprint density at radius 2 is 2.12 bits per heavy atom. The normalized spacial score (nSPS) is 19.6. The molecule has 0 spiro atoms. The summed E-state index contributed by atoms with van der Waals surface area (Å²) in [6.07, 6.45) is -1.10. The molecule has 1 fully saturated rings. The molecule has 3 nitrogen and oxygen atoms in total. The summed E-state index contributed by atoms with van der Waals surface area (Å²) in [4.78, 5) is 0. The van der Waals surface area contributed by atoms with E-state index >= 15 is 0 Å². The number of aromatic nitrogens is 2. The molecule has 2 aliphatic rings. The van der Waals surface area contributed by atoms with E-state index in [1.807, 2.05) is 0 Å². The van der Waals surface area contributed by atoms with Crippen molar-refractivity contribution in [3.8, 4) is 0 Å². The first-order valence-electron chi connectivity index (χ1n) is 5.26. The van der Waals surface area contributed by atoms with Gasteiger partial charge in [-0.2, -0.15) is 18.3 Å². The van der Waals surface area contributed by atoms with Crippen LogP contribution in [0.15, 0.2) is 10.2 Å². The Balaban J connectivity index is 2.04. The summed E-state index contributed by atoms with van der Waals surface area (Å²) in [5, 5.41) is 6.66. The molecule has 0 amide bonds. The van der Waals surface area contributed by atoms with Crippen LogP contribution in [0.25, 0.3) is 6.08 Å². The molecule has 3 rings (SSSR count). The fourth-order valence-electron chi connectivity index (χ4n) is 1.88. The van der Waals surface area contributed by atoms with Gasteiger partial charge in [0.2, 0.25) is 0 Å². The molecule has 0 radical (unpaired) electrons. The maximum atomic E-state index is 12.6. The third-order valence-electron chi connectivity index (χ3n) is 2.93. The minimum Gasteiger partial charge on any atom is -0.362 e. The van der Waals surface area contributed by atoms with Gasteiger partial charge in [-0.05, 0) is 34.8 Å². The Hall–Kier alpha value is -0.980. The Morgan fingerprint density at radius 1 is 1.41 bits per heavy atom. The topological polar surface area (TPSA) is 29.9 Å². The van der Waals surface area contributed by atoms with Gasteiger partial charge in [-0.3, -0.25) is 0 Å². The van der Waals surface area contributed by atoms with Crippen LogP contribution in [0.5, 0.6) is 0 Å². The van der Waals surface area contributed by atoms with Crippen LogP contribution in [-0.4, -0.2) is 16.0 Å². The molecule has 17 heavy (non-hydrogen) atoms. The number of nitrogens with one attached hydrogen (secondary N) is 1. The van der Waals surface area contributed by atoms with Crippen molar-refractivity contribution < 1.29 is 13.2 Å². The van der Waals surface area contributed by atoms with Gasteiger partial charge in [-0.25, -0.2) is 4.68 Å². The van der Waals surface area contributed by atoms with Gasteiger partial charge in [0.05, 0.1) is 15.9 Å². The summed E-state index contributed by atoms with van der Waals surface area (Å²) < 4.78 is 40.0. The number of allylic oxidation sites excluding steroid dienone is 1. The predicted octanol–water partition coefficient (Wildman–Crippen LogP) is 2.99. The first-order valence-corrected chi connectivity index (χ1v) is 6.05. The van der Waals surface area contributed by atoms with Crippen molar-refractivity contribution in [1.29, 1.82) is 0 Å². The van der Waals surface area contributed by atoms with Crippen LogP contribution in [0.4, 0.5) is 13.2 Å². The highest BCUT2D eigenvalue weighted by molar-refractivity contribution is 9.10. The molecule has 0 unspecified atom stereocenters. The van der Waals surface area contributed by atoms with Crippen LogP contribution in [-0.2, 0) is 6.67 Å². The van der Waals surface area contributed by atoms with Crippen molar-refractivity contribution in [2.45, 2.75) is 31.6 Å². The van der Waals surface area contributed by atoms with Gasteiger partial charge in [0.1, 0.15) is 12.4 Å². The summed E-state index contributed by atoms with van der Waals surface area (Å²) in [5.41, 5.74) is 0.660. The predicted molar refractivity (Wildman–Crippen MR) is 59.1 cm³/mol. The van der Waals surface area contributed by atoms with Gasteiger partial charge in [0, 0.05) is 5.92 Å². The number of nitrogens with zero attached hydrogens (tertiary/aromatic N) is 2. The number of halogens is 4. The second-order valence-electron chi connectivity index (χ2n) is 4.25. The first-order chi connectivity index (χ1) is 7.97. The summed E-state index contributed by atoms with van der Waals surface area (Å²) in [7, 11) is 0. The monoisotopic (exact) mass is 307 g/mol. The number of hydrogen-bond acceptors (Lipinski definition) is 2. The summed E-state index contributed by atoms with van der Waals surface area (Å²) >= 11 is 3.35. The standard InChI is InChI=1S/C10H9BrF3N3/c11-8-6-3-7(10(12,13)14)15-4-17(6)16-9(8)5-1-2-5/h3,5,15H,1-2,4H2. The molecule has 1 aliphatic heterocycles. The number of hydrogen-bond donors (Lipinski definition) is 1. The SMILES string of the molecule is FC(F)(F)C1=Cc2c(Br)c(C3CC3)nn2CN1. The van der Waals surface area contributed by atoms with E-state index in [9.17, 15) is 13.2 Å². The highest BCUT2D eigenvalue weighted by atomic mass is 79.9. The van der Waals surface area contributed by atoms with Gasteiger partial charge in [-0.15, -0.1) is 0 Å². The minimum atomic E-state index is -4.34. The highest BCUT2D eigenvalue weighted by Gasteiger charge is 2.37. The molecule has 0 bridgehead atoms. The van der Waals surface area contributed by atoms with Crippen LogP contribution in [0.1, 0.15) is 30.1 Å². The van der Waals surface area contributed by atoms with Gasteiger partial charge < -0.3 is 5.32 Å². The Kier molecular flexibility index (Phi) is 2.30. The number of fused-ring (bicyclic) bond motifs is 1. The van der Waals surface area contributed by atoms with E-state index in [1.165, 1.54) is 0 Å². The summed E-state index contributed by atoms with van der Waals surface area (Å²) in [5.74, 6) is 0.408. The van der Waals surface area contributed by atoms with Crippen LogP contribution >= 0.6 is 15.9 Å². The van der Waals surface area contributed by atoms with E-state index in [0.29, 0.717) is 16.1 Å². The Bertz CT molecular complexity index is 500. The molecule has 0 saturated heterocycles. The van der Waals surface area contributed by atoms with Crippen molar-refractivity contribution in [2.24, 2.45) is 0 Å². The lowest BCUT2D eigenvalue weighted by Crippen LogP contribution is -2.31. The van der Waals surface area contributed by atoms with E-state index < -0.39 is 11.9 Å². The zero-order chi connectivity index (χ0) is 12.2. The summed E-state index contributed by atoms with van der Waals surface area (Å²) in [6.45, 7) is 0.0615. The maximum Gasteiger partial charge on any atom is 0.431 e. The lowest BCUT2D eigenvalue weighted by Gasteiger charge is -2.19. The lowest BCUT2D eigenvalue weighted by molar-refractivity contribution is -0.0969. The van der Waals surface area contributed by atoms with Crippen molar-refractivity contribution in [2.75, 3.05) is 0 Å². The van der Waals surface area contributed by atoms with Gasteiger partial charge in [0.25, 0.3) is 0 Å². The number of alkyl halides is 3. The van der Waals surface area contributed by atoms with Gasteiger partial charge >= 0.3 is 6.18 Å². The highest BCUT2D eigenvalue weighted by Crippen LogP contribution is 2.44. The van der Waals surface area contributed by atoms with E-state index in [4.69, 9.17) is 0 Å². The third kappa shape index (κ3) is 1.86. The number of rotatable bonds is 1. The average Bonchev–Trinajstić information content (AvgIpc) is 3.03. The third-order valence-corrected chi connectivity index (χ3v) is 3.74. The largest absolute Gasteiger partial charge is 0.431 e. The summed E-state index contributed by atoms with van der Waals surface area (Å²) in [6, 6.07) is 0. The van der Waals surface area contributed by atoms with Crippen molar-refractivity contribution in [1.82, 2.24) is 15.1 Å². The van der Waals surface area contributed by atoms with E-state index in [1.54, 1.807) is 4.68 Å². The zero-order valence-corrected chi connectivity index (χ0v) is 10.3. The Morgan fingerprint density at radius 3 is 2.71 bits per heavy atom. The first kappa shape index (κ1) is 11.1. The molecular weight excluding hydrogens is 299 g/mol. The zero-order valence-electron chi connectivity index (χ0n) is 8.68. The molecule has 1 N–H and O–H groups in total. The van der Waals surface area contributed by atoms with Crippen molar-refractivity contribution in [3.63, 3.8) is 0 Å². The van der Waals surface area contributed by atoms with Crippen LogP contribution in [0.3, 0.4) is 0 Å². The molecule has 7 heteroatoms. The second-order valence-corrected chi connectivity index (χ2v) is 5.04. The fourth-order valence-corrected chi connectivity index (χ4v) is 2.60. The molecule has 1 aromatic rings. The molecule has 0 aromatic carbocycles. The Labute approximate surface area is 104 Å². The lowest BCUT2D eigenvalue weighted by atomic mass is 10.2. The average molecular weight is 308 g/mol. The minimum absolute atomic E-state index is 0.0615. The van der Waals surface area contributed by atoms with Gasteiger partial charge in [0.15, 0.2) is 0 Å². The molecule has 92 valence electrons. The van der Waals surface area contributed by atoms with Gasteiger partial charge in [-0.1, -0.05) is 0 Å².